The largest absolute Gasteiger partial charge is 0.481 e. The second-order valence-corrected chi connectivity index (χ2v) is 7.50. The van der Waals surface area contributed by atoms with Gasteiger partial charge in [-0.1, -0.05) is 35.3 Å². The van der Waals surface area contributed by atoms with Crippen LogP contribution in [-0.4, -0.2) is 25.2 Å². The van der Waals surface area contributed by atoms with Gasteiger partial charge >= 0.3 is 16.1 Å². The minimum absolute atomic E-state index is 0.0158. The molecule has 1 atom stereocenters. The first kappa shape index (κ1) is 18.2. The first-order valence-corrected chi connectivity index (χ1v) is 9.14. The van der Waals surface area contributed by atoms with Crippen LogP contribution in [0.3, 0.4) is 0 Å². The molecule has 0 amide bonds. The van der Waals surface area contributed by atoms with Gasteiger partial charge in [0.25, 0.3) is 0 Å². The molecular weight excluding hydrogens is 330 g/mol. The van der Waals surface area contributed by atoms with Gasteiger partial charge in [-0.2, -0.15) is 8.42 Å². The number of carboxylic acid groups (broad SMARTS) is 1. The lowest BCUT2D eigenvalue weighted by molar-refractivity contribution is -0.145. The van der Waals surface area contributed by atoms with Gasteiger partial charge in [0.2, 0.25) is 0 Å². The van der Waals surface area contributed by atoms with Crippen LogP contribution in [-0.2, 0) is 19.2 Å². The Hall–Kier alpha value is -2.15. The second kappa shape index (κ2) is 7.17. The van der Waals surface area contributed by atoms with Gasteiger partial charge in [-0.05, 0) is 44.7 Å². The van der Waals surface area contributed by atoms with Gasteiger partial charge in [-0.15, -0.1) is 6.58 Å². The highest BCUT2D eigenvalue weighted by Crippen LogP contribution is 2.38. The zero-order valence-electron chi connectivity index (χ0n) is 13.6. The van der Waals surface area contributed by atoms with E-state index >= 15 is 0 Å². The molecule has 1 aromatic rings. The Morgan fingerprint density at radius 2 is 2.04 bits per heavy atom. The summed E-state index contributed by atoms with van der Waals surface area (Å²) in [7, 11) is -4.07. The highest BCUT2D eigenvalue weighted by molar-refractivity contribution is 7.86. The SMILES string of the molecule is C=CCC1(C(=O)O)CCCC/C1=N/OS(=O)(=O)c1ccc(C)cc1. The molecule has 1 N–H and O–H groups in total. The van der Waals surface area contributed by atoms with E-state index in [0.717, 1.165) is 18.4 Å². The third-order valence-electron chi connectivity index (χ3n) is 4.28. The summed E-state index contributed by atoms with van der Waals surface area (Å²) in [6.45, 7) is 5.45. The predicted molar refractivity (Wildman–Crippen MR) is 90.2 cm³/mol. The molecule has 1 unspecified atom stereocenters. The summed E-state index contributed by atoms with van der Waals surface area (Å²) in [6.07, 6.45) is 3.98. The van der Waals surface area contributed by atoms with Crippen LogP contribution in [0.15, 0.2) is 47.0 Å². The van der Waals surface area contributed by atoms with Crippen LogP contribution in [0.4, 0.5) is 0 Å². The van der Waals surface area contributed by atoms with Gasteiger partial charge in [-0.25, -0.2) is 0 Å². The Morgan fingerprint density at radius 3 is 2.62 bits per heavy atom. The topological polar surface area (TPSA) is 93.0 Å². The maximum atomic E-state index is 12.2. The fourth-order valence-corrected chi connectivity index (χ4v) is 3.61. The molecule has 24 heavy (non-hydrogen) atoms. The summed E-state index contributed by atoms with van der Waals surface area (Å²) in [5, 5.41) is 13.4. The number of carboxylic acids is 1. The molecule has 1 fully saturated rings. The summed E-state index contributed by atoms with van der Waals surface area (Å²) in [5.41, 5.74) is -0.0664. The molecular formula is C17H21NO5S. The predicted octanol–water partition coefficient (Wildman–Crippen LogP) is 3.28. The molecule has 0 saturated heterocycles. The van der Waals surface area contributed by atoms with Crippen LogP contribution < -0.4 is 0 Å². The van der Waals surface area contributed by atoms with Crippen molar-refractivity contribution in [1.82, 2.24) is 0 Å². The van der Waals surface area contributed by atoms with Crippen molar-refractivity contribution in [1.29, 1.82) is 0 Å². The minimum atomic E-state index is -4.07. The first-order chi connectivity index (χ1) is 11.3. The molecule has 0 heterocycles. The van der Waals surface area contributed by atoms with Crippen molar-refractivity contribution >= 4 is 21.8 Å². The molecule has 0 aromatic heterocycles. The lowest BCUT2D eigenvalue weighted by Gasteiger charge is -2.33. The number of hydrogen-bond acceptors (Lipinski definition) is 5. The number of hydrogen-bond donors (Lipinski definition) is 1. The van der Waals surface area contributed by atoms with E-state index in [9.17, 15) is 18.3 Å². The van der Waals surface area contributed by atoms with Crippen molar-refractivity contribution in [3.63, 3.8) is 0 Å². The molecule has 1 aromatic carbocycles. The van der Waals surface area contributed by atoms with Gasteiger partial charge in [0.15, 0.2) is 0 Å². The Balaban J connectivity index is 2.32. The van der Waals surface area contributed by atoms with Crippen molar-refractivity contribution in [3.8, 4) is 0 Å². The van der Waals surface area contributed by atoms with Crippen LogP contribution in [0.1, 0.15) is 37.7 Å². The number of benzene rings is 1. The smallest absolute Gasteiger partial charge is 0.358 e. The number of aliphatic carboxylic acids is 1. The highest BCUT2D eigenvalue weighted by Gasteiger charge is 2.44. The lowest BCUT2D eigenvalue weighted by atomic mass is 9.70. The molecule has 1 saturated carbocycles. The molecule has 0 spiro atoms. The maximum absolute atomic E-state index is 12.2. The van der Waals surface area contributed by atoms with E-state index in [0.29, 0.717) is 12.8 Å². The standard InChI is InChI=1S/C17H21NO5S/c1-3-11-17(16(19)20)12-5-4-6-15(17)18-23-24(21,22)14-9-7-13(2)8-10-14/h3,7-10H,1,4-6,11-12H2,2H3,(H,19,20)/b18-15-. The number of allylic oxidation sites excluding steroid dienone is 1. The summed E-state index contributed by atoms with van der Waals surface area (Å²) in [5.74, 6) is -1.03. The van der Waals surface area contributed by atoms with Crippen LogP contribution >= 0.6 is 0 Å². The summed E-state index contributed by atoms with van der Waals surface area (Å²) >= 11 is 0. The summed E-state index contributed by atoms with van der Waals surface area (Å²) in [6, 6.07) is 6.17. The Morgan fingerprint density at radius 1 is 1.38 bits per heavy atom. The van der Waals surface area contributed by atoms with Gasteiger partial charge in [-0.3, -0.25) is 9.08 Å². The van der Waals surface area contributed by atoms with Crippen LogP contribution in [0.5, 0.6) is 0 Å². The van der Waals surface area contributed by atoms with E-state index < -0.39 is 21.5 Å². The van der Waals surface area contributed by atoms with E-state index in [-0.39, 0.29) is 17.0 Å². The summed E-state index contributed by atoms with van der Waals surface area (Å²) < 4.78 is 29.3. The normalized spacial score (nSPS) is 23.0. The van der Waals surface area contributed by atoms with Crippen molar-refractivity contribution < 1.29 is 22.6 Å². The van der Waals surface area contributed by atoms with E-state index in [2.05, 4.69) is 11.7 Å². The molecule has 0 radical (unpaired) electrons. The zero-order chi connectivity index (χ0) is 17.8. The van der Waals surface area contributed by atoms with E-state index in [1.54, 1.807) is 12.1 Å². The Kier molecular flexibility index (Phi) is 5.43. The molecule has 7 heteroatoms. The monoisotopic (exact) mass is 351 g/mol. The maximum Gasteiger partial charge on any atom is 0.358 e. The highest BCUT2D eigenvalue weighted by atomic mass is 32.2. The third kappa shape index (κ3) is 3.67. The lowest BCUT2D eigenvalue weighted by Crippen LogP contribution is -2.41. The minimum Gasteiger partial charge on any atom is -0.481 e. The van der Waals surface area contributed by atoms with E-state index in [4.69, 9.17) is 4.28 Å². The Labute approximate surface area is 142 Å². The second-order valence-electron chi connectivity index (χ2n) is 5.97. The average molecular weight is 351 g/mol. The van der Waals surface area contributed by atoms with Crippen molar-refractivity contribution in [2.45, 2.75) is 43.9 Å². The van der Waals surface area contributed by atoms with Crippen LogP contribution in [0, 0.1) is 12.3 Å². The van der Waals surface area contributed by atoms with Crippen molar-refractivity contribution in [2.24, 2.45) is 10.6 Å². The zero-order valence-corrected chi connectivity index (χ0v) is 14.4. The van der Waals surface area contributed by atoms with Crippen molar-refractivity contribution in [2.75, 3.05) is 0 Å². The number of oxime groups is 1. The molecule has 1 aliphatic carbocycles. The fraction of sp³-hybridized carbons (Fsp3) is 0.412. The summed E-state index contributed by atoms with van der Waals surface area (Å²) in [4.78, 5) is 11.8. The molecule has 130 valence electrons. The van der Waals surface area contributed by atoms with Gasteiger partial charge in [0, 0.05) is 0 Å². The molecule has 0 aliphatic heterocycles. The quantitative estimate of drug-likeness (QED) is 0.627. The fourth-order valence-electron chi connectivity index (χ4n) is 2.86. The van der Waals surface area contributed by atoms with Gasteiger partial charge < -0.3 is 5.11 Å². The molecule has 6 nitrogen and oxygen atoms in total. The molecule has 1 aliphatic rings. The third-order valence-corrected chi connectivity index (χ3v) is 5.40. The van der Waals surface area contributed by atoms with E-state index in [1.165, 1.54) is 18.2 Å². The van der Waals surface area contributed by atoms with E-state index in [1.807, 2.05) is 6.92 Å². The first-order valence-electron chi connectivity index (χ1n) is 7.74. The molecule has 0 bridgehead atoms. The number of carbonyl (C=O) groups is 1. The van der Waals surface area contributed by atoms with Gasteiger partial charge in [0.1, 0.15) is 10.3 Å². The number of nitrogens with zero attached hydrogens (tertiary/aromatic N) is 1. The number of aryl methyl sites for hydroxylation is 1. The van der Waals surface area contributed by atoms with Crippen LogP contribution in [0.2, 0.25) is 0 Å². The van der Waals surface area contributed by atoms with Crippen molar-refractivity contribution in [3.05, 3.63) is 42.5 Å². The van der Waals surface area contributed by atoms with Crippen LogP contribution in [0.25, 0.3) is 0 Å². The van der Waals surface area contributed by atoms with Gasteiger partial charge in [0.05, 0.1) is 5.71 Å². The average Bonchev–Trinajstić information content (AvgIpc) is 2.54. The molecule has 2 rings (SSSR count). The number of rotatable bonds is 6. The Bertz CT molecular complexity index is 752.